The van der Waals surface area contributed by atoms with Gasteiger partial charge in [0.05, 0.1) is 25.9 Å². The number of halogens is 7. The highest BCUT2D eigenvalue weighted by Gasteiger charge is 2.74. The Kier molecular flexibility index (Phi) is 10.4. The maximum Gasteiger partial charge on any atom is 0.458 e. The zero-order valence-corrected chi connectivity index (χ0v) is 24.5. The highest BCUT2D eigenvalue weighted by atomic mass is 19.4. The van der Waals surface area contributed by atoms with Crippen molar-refractivity contribution in [3.8, 4) is 5.75 Å². The van der Waals surface area contributed by atoms with E-state index >= 15 is 0 Å². The number of rotatable bonds is 13. The van der Waals surface area contributed by atoms with Gasteiger partial charge < -0.3 is 23.8 Å². The average molecular weight is 614 g/mol. The number of methoxy groups -OCH3 is 1. The lowest BCUT2D eigenvalue weighted by Crippen LogP contribution is -2.55. The molecule has 0 aliphatic heterocycles. The topological polar surface area (TPSA) is 40.2 Å². The van der Waals surface area contributed by atoms with Gasteiger partial charge in [0.2, 0.25) is 0 Å². The number of hydrogen-bond acceptors (Lipinski definition) is 5. The first kappa shape index (κ1) is 33.3. The van der Waals surface area contributed by atoms with Gasteiger partial charge in [-0.3, -0.25) is 0 Å². The molecule has 0 aromatic heterocycles. The molecule has 3 unspecified atom stereocenters. The summed E-state index contributed by atoms with van der Waals surface area (Å²) in [5.41, 5.74) is 2.81. The molecule has 1 aromatic rings. The molecule has 5 atom stereocenters. The minimum Gasteiger partial charge on any atom is -0.493 e. The van der Waals surface area contributed by atoms with Crippen molar-refractivity contribution in [3.05, 3.63) is 29.3 Å². The van der Waals surface area contributed by atoms with Crippen molar-refractivity contribution in [2.45, 2.75) is 82.1 Å². The molecule has 0 N–H and O–H groups in total. The maximum atomic E-state index is 13.7. The van der Waals surface area contributed by atoms with Crippen LogP contribution in [-0.2, 0) is 20.6 Å². The quantitative estimate of drug-likeness (QED) is 0.176. The molecule has 0 saturated heterocycles. The first-order chi connectivity index (χ1) is 19.7. The smallest absolute Gasteiger partial charge is 0.458 e. The Morgan fingerprint density at radius 1 is 0.905 bits per heavy atom. The fourth-order valence-electron chi connectivity index (χ4n) is 7.40. The van der Waals surface area contributed by atoms with Crippen molar-refractivity contribution in [1.82, 2.24) is 4.90 Å². The third-order valence-corrected chi connectivity index (χ3v) is 9.67. The zero-order chi connectivity index (χ0) is 30.8. The second kappa shape index (κ2) is 13.2. The predicted octanol–water partition coefficient (Wildman–Crippen LogP) is 7.08. The molecule has 3 aliphatic rings. The van der Waals surface area contributed by atoms with Gasteiger partial charge in [-0.15, -0.1) is 0 Å². The zero-order valence-electron chi connectivity index (χ0n) is 24.5. The van der Waals surface area contributed by atoms with Crippen LogP contribution in [0.2, 0.25) is 0 Å². The summed E-state index contributed by atoms with van der Waals surface area (Å²) in [5, 5.41) is 0. The Morgan fingerprint density at radius 2 is 1.62 bits per heavy atom. The summed E-state index contributed by atoms with van der Waals surface area (Å²) in [5.74, 6) is -3.19. The molecular formula is C30H42F7NO4. The summed E-state index contributed by atoms with van der Waals surface area (Å²) in [6.07, 6.45) is -5.36. The van der Waals surface area contributed by atoms with Gasteiger partial charge >= 0.3 is 18.2 Å². The van der Waals surface area contributed by atoms with Crippen LogP contribution in [0.4, 0.5) is 30.7 Å². The summed E-state index contributed by atoms with van der Waals surface area (Å²) in [6, 6.07) is 6.50. The third-order valence-electron chi connectivity index (χ3n) is 9.67. The van der Waals surface area contributed by atoms with Crippen molar-refractivity contribution in [1.29, 1.82) is 0 Å². The normalized spacial score (nSPS) is 28.0. The lowest BCUT2D eigenvalue weighted by atomic mass is 9.55. The van der Waals surface area contributed by atoms with Crippen LogP contribution < -0.4 is 4.74 Å². The van der Waals surface area contributed by atoms with Crippen molar-refractivity contribution in [2.24, 2.45) is 17.3 Å². The molecule has 0 spiro atoms. The molecule has 12 heteroatoms. The highest BCUT2D eigenvalue weighted by molar-refractivity contribution is 5.40. The Bertz CT molecular complexity index is 1020. The molecule has 4 rings (SSSR count). The van der Waals surface area contributed by atoms with Crippen LogP contribution in [0.15, 0.2) is 18.2 Å². The lowest BCUT2D eigenvalue weighted by Gasteiger charge is -2.50. The fourth-order valence-corrected chi connectivity index (χ4v) is 7.40. The van der Waals surface area contributed by atoms with E-state index in [9.17, 15) is 30.7 Å². The van der Waals surface area contributed by atoms with Crippen LogP contribution >= 0.6 is 0 Å². The molecule has 0 amide bonds. The van der Waals surface area contributed by atoms with E-state index in [2.05, 4.69) is 29.9 Å². The lowest BCUT2D eigenvalue weighted by molar-refractivity contribution is -0.430. The average Bonchev–Trinajstić information content (AvgIpc) is 3.25. The summed E-state index contributed by atoms with van der Waals surface area (Å²) >= 11 is 0. The SMILES string of the molecule is COCCCOc1ccc2c(c1)CCC1C2CC[C@@]2(C)C1CC[C@@H]2OCCN(C)CCOC(F)(C(F)(F)F)C(F)(F)F. The number of nitrogens with zero attached hydrogens (tertiary/aromatic N) is 1. The molecule has 2 saturated carbocycles. The minimum atomic E-state index is -6.22. The number of aryl methyl sites for hydroxylation is 1. The summed E-state index contributed by atoms with van der Waals surface area (Å²) in [4.78, 5) is 1.48. The van der Waals surface area contributed by atoms with Gasteiger partial charge in [-0.1, -0.05) is 13.0 Å². The van der Waals surface area contributed by atoms with Crippen LogP contribution in [0.3, 0.4) is 0 Å². The van der Waals surface area contributed by atoms with E-state index in [1.54, 1.807) is 7.11 Å². The predicted molar refractivity (Wildman–Crippen MR) is 142 cm³/mol. The van der Waals surface area contributed by atoms with Crippen LogP contribution in [0.1, 0.15) is 62.5 Å². The molecule has 5 nitrogen and oxygen atoms in total. The molecular weight excluding hydrogens is 571 g/mol. The fraction of sp³-hybridized carbons (Fsp3) is 0.800. The Hall–Kier alpha value is -1.63. The number of alkyl halides is 7. The van der Waals surface area contributed by atoms with Crippen LogP contribution in [-0.4, -0.2) is 82.9 Å². The molecule has 42 heavy (non-hydrogen) atoms. The Balaban J connectivity index is 1.26. The first-order valence-electron chi connectivity index (χ1n) is 14.7. The van der Waals surface area contributed by atoms with Crippen LogP contribution in [0.25, 0.3) is 0 Å². The van der Waals surface area contributed by atoms with Crippen molar-refractivity contribution < 1.29 is 49.7 Å². The van der Waals surface area contributed by atoms with Gasteiger partial charge in [-0.2, -0.15) is 30.7 Å². The van der Waals surface area contributed by atoms with Gasteiger partial charge in [0.15, 0.2) is 0 Å². The van der Waals surface area contributed by atoms with Gasteiger partial charge in [-0.05, 0) is 92.0 Å². The maximum absolute atomic E-state index is 13.7. The second-order valence-corrected chi connectivity index (χ2v) is 12.2. The number of hydrogen-bond donors (Lipinski definition) is 0. The molecule has 0 radical (unpaired) electrons. The van der Waals surface area contributed by atoms with Crippen molar-refractivity contribution in [3.63, 3.8) is 0 Å². The molecule has 1 aromatic carbocycles. The number of ether oxygens (including phenoxy) is 4. The van der Waals surface area contributed by atoms with E-state index in [0.717, 1.165) is 50.7 Å². The van der Waals surface area contributed by atoms with Gasteiger partial charge in [0.25, 0.3) is 0 Å². The summed E-state index contributed by atoms with van der Waals surface area (Å²) in [7, 11) is 3.20. The van der Waals surface area contributed by atoms with E-state index in [1.807, 2.05) is 0 Å². The molecule has 0 heterocycles. The third kappa shape index (κ3) is 6.86. The summed E-state index contributed by atoms with van der Waals surface area (Å²) < 4.78 is 111. The molecule has 240 valence electrons. The highest BCUT2D eigenvalue weighted by Crippen LogP contribution is 2.61. The minimum absolute atomic E-state index is 0.0119. The monoisotopic (exact) mass is 613 g/mol. The van der Waals surface area contributed by atoms with Gasteiger partial charge in [0, 0.05) is 33.2 Å². The van der Waals surface area contributed by atoms with E-state index in [4.69, 9.17) is 14.2 Å². The molecule has 2 fully saturated rings. The van der Waals surface area contributed by atoms with Crippen LogP contribution in [0, 0.1) is 17.3 Å². The Morgan fingerprint density at radius 3 is 2.31 bits per heavy atom. The van der Waals surface area contributed by atoms with E-state index < -0.39 is 24.8 Å². The van der Waals surface area contributed by atoms with E-state index in [1.165, 1.54) is 23.1 Å². The van der Waals surface area contributed by atoms with E-state index in [-0.39, 0.29) is 31.2 Å². The summed E-state index contributed by atoms with van der Waals surface area (Å²) in [6.45, 7) is 2.75. The molecule has 3 aliphatic carbocycles. The number of fused-ring (bicyclic) bond motifs is 5. The van der Waals surface area contributed by atoms with Crippen molar-refractivity contribution in [2.75, 3.05) is 53.7 Å². The second-order valence-electron chi connectivity index (χ2n) is 12.2. The van der Waals surface area contributed by atoms with Crippen molar-refractivity contribution >= 4 is 0 Å². The Labute approximate surface area is 243 Å². The van der Waals surface area contributed by atoms with Gasteiger partial charge in [0.1, 0.15) is 5.75 Å². The standard InChI is InChI=1S/C30H42F7NO4/c1-27-12-11-23-22-8-6-21(40-16-4-15-39-3)19-20(22)5-7-24(23)25(27)9-10-26(27)41-17-13-38(2)14-18-42-28(31,29(32,33)34)30(35,36)37/h6,8,19,23-26H,4-5,7,9-18H2,1-3H3/t23?,24?,25?,26-,27-/m0/s1. The number of likely N-dealkylation sites (N-methyl/N-ethyl adjacent to an activating group) is 1. The van der Waals surface area contributed by atoms with E-state index in [0.29, 0.717) is 31.0 Å². The van der Waals surface area contributed by atoms with Gasteiger partial charge in [-0.25, -0.2) is 0 Å². The number of benzene rings is 1. The largest absolute Gasteiger partial charge is 0.493 e. The van der Waals surface area contributed by atoms with Crippen LogP contribution in [0.5, 0.6) is 5.75 Å². The first-order valence-corrected chi connectivity index (χ1v) is 14.7. The molecule has 0 bridgehead atoms.